The molecule has 0 bridgehead atoms. The van der Waals surface area contributed by atoms with Crippen molar-refractivity contribution >= 4 is 21.7 Å². The minimum absolute atomic E-state index is 0.0437. The summed E-state index contributed by atoms with van der Waals surface area (Å²) in [6.07, 6.45) is 0. The van der Waals surface area contributed by atoms with Crippen LogP contribution in [0.3, 0.4) is 0 Å². The number of Topliss-reactive ketones (excluding diaryl/α,β-unsaturated/α-hetero) is 1. The fraction of sp³-hybridized carbons (Fsp3) is 0.111. The molecule has 1 rings (SSSR count). The van der Waals surface area contributed by atoms with Gasteiger partial charge in [-0.3, -0.25) is 4.79 Å². The second-order valence-electron chi connectivity index (χ2n) is 2.52. The lowest BCUT2D eigenvalue weighted by atomic mass is 10.1. The van der Waals surface area contributed by atoms with E-state index in [1.165, 1.54) is 0 Å². The Kier molecular flexibility index (Phi) is 3.20. The number of alkyl halides is 1. The first-order valence-electron chi connectivity index (χ1n) is 3.62. The van der Waals surface area contributed by atoms with Crippen LogP contribution in [0.1, 0.15) is 15.9 Å². The smallest absolute Gasteiger partial charge is 0.173 e. The number of hydrogen-bond donors (Lipinski definition) is 1. The van der Waals surface area contributed by atoms with Gasteiger partial charge in [-0.1, -0.05) is 15.9 Å². The number of aromatic hydroxyl groups is 1. The molecule has 0 amide bonds. The molecule has 0 atom stereocenters. The van der Waals surface area contributed by atoms with Crippen LogP contribution in [0.15, 0.2) is 12.1 Å². The highest BCUT2D eigenvalue weighted by atomic mass is 79.9. The number of nitrogens with zero attached hydrogens (tertiary/aromatic N) is 1. The van der Waals surface area contributed by atoms with Gasteiger partial charge in [0.15, 0.2) is 17.3 Å². The fourth-order valence-corrected chi connectivity index (χ4v) is 1.25. The van der Waals surface area contributed by atoms with Crippen molar-refractivity contribution in [3.63, 3.8) is 0 Å². The quantitative estimate of drug-likeness (QED) is 0.651. The van der Waals surface area contributed by atoms with Crippen LogP contribution >= 0.6 is 15.9 Å². The molecule has 72 valence electrons. The van der Waals surface area contributed by atoms with Gasteiger partial charge in [0.25, 0.3) is 0 Å². The van der Waals surface area contributed by atoms with Crippen LogP contribution in [0.5, 0.6) is 5.75 Å². The monoisotopic (exact) mass is 257 g/mol. The zero-order valence-electron chi connectivity index (χ0n) is 6.92. The molecule has 5 heteroatoms. The Balaban J connectivity index is 3.32. The predicted octanol–water partition coefficient (Wildman–Crippen LogP) is 1.98. The lowest BCUT2D eigenvalue weighted by Crippen LogP contribution is -2.01. The SMILES string of the molecule is N#Cc1cc(C(=O)CBr)cc(F)c1O. The Bertz CT molecular complexity index is 426. The molecule has 0 heterocycles. The van der Waals surface area contributed by atoms with Crippen molar-refractivity contribution in [2.24, 2.45) is 0 Å². The molecule has 0 fully saturated rings. The first-order chi connectivity index (χ1) is 6.60. The number of ketones is 1. The second kappa shape index (κ2) is 4.20. The summed E-state index contributed by atoms with van der Waals surface area (Å²) in [6.45, 7) is 0. The van der Waals surface area contributed by atoms with Crippen LogP contribution in [-0.2, 0) is 0 Å². The molecule has 1 aromatic rings. The topological polar surface area (TPSA) is 61.1 Å². The lowest BCUT2D eigenvalue weighted by molar-refractivity contribution is 0.102. The zero-order chi connectivity index (χ0) is 10.7. The number of rotatable bonds is 2. The third-order valence-electron chi connectivity index (χ3n) is 1.63. The van der Waals surface area contributed by atoms with Crippen LogP contribution < -0.4 is 0 Å². The van der Waals surface area contributed by atoms with Crippen LogP contribution in [0.4, 0.5) is 4.39 Å². The van der Waals surface area contributed by atoms with Crippen molar-refractivity contribution in [2.75, 3.05) is 5.33 Å². The molecule has 0 aliphatic rings. The van der Waals surface area contributed by atoms with Gasteiger partial charge >= 0.3 is 0 Å². The number of phenolic OH excluding ortho intramolecular Hbond substituents is 1. The Morgan fingerprint density at radius 3 is 2.79 bits per heavy atom. The van der Waals surface area contributed by atoms with E-state index in [9.17, 15) is 9.18 Å². The van der Waals surface area contributed by atoms with Gasteiger partial charge in [0.2, 0.25) is 0 Å². The summed E-state index contributed by atoms with van der Waals surface area (Å²) in [5.41, 5.74) is -0.178. The van der Waals surface area contributed by atoms with E-state index in [1.807, 2.05) is 0 Å². The highest BCUT2D eigenvalue weighted by molar-refractivity contribution is 9.09. The summed E-state index contributed by atoms with van der Waals surface area (Å²) in [6, 6.07) is 3.66. The maximum atomic E-state index is 13.0. The molecule has 0 spiro atoms. The van der Waals surface area contributed by atoms with E-state index in [-0.39, 0.29) is 22.2 Å². The molecule has 0 aromatic heterocycles. The summed E-state index contributed by atoms with van der Waals surface area (Å²) in [5.74, 6) is -2.03. The molecule has 0 unspecified atom stereocenters. The van der Waals surface area contributed by atoms with E-state index < -0.39 is 11.6 Å². The standard InChI is InChI=1S/C9H5BrFNO2/c10-3-8(13)5-1-6(4-12)9(14)7(11)2-5/h1-2,14H,3H2. The number of phenols is 1. The van der Waals surface area contributed by atoms with Gasteiger partial charge in [-0.2, -0.15) is 5.26 Å². The van der Waals surface area contributed by atoms with Gasteiger partial charge in [0.1, 0.15) is 6.07 Å². The van der Waals surface area contributed by atoms with Crippen LogP contribution in [-0.4, -0.2) is 16.2 Å². The molecule has 0 radical (unpaired) electrons. The molecule has 14 heavy (non-hydrogen) atoms. The normalized spacial score (nSPS) is 9.50. The average Bonchev–Trinajstić information content (AvgIpc) is 2.20. The average molecular weight is 258 g/mol. The maximum absolute atomic E-state index is 13.0. The van der Waals surface area contributed by atoms with E-state index >= 15 is 0 Å². The van der Waals surface area contributed by atoms with Crippen LogP contribution in [0.2, 0.25) is 0 Å². The van der Waals surface area contributed by atoms with Gasteiger partial charge in [0.05, 0.1) is 10.9 Å². The minimum atomic E-state index is -0.964. The molecule has 1 aromatic carbocycles. The maximum Gasteiger partial charge on any atom is 0.173 e. The Morgan fingerprint density at radius 1 is 1.64 bits per heavy atom. The zero-order valence-corrected chi connectivity index (χ0v) is 8.51. The van der Waals surface area contributed by atoms with E-state index in [0.29, 0.717) is 0 Å². The van der Waals surface area contributed by atoms with Crippen molar-refractivity contribution in [1.82, 2.24) is 0 Å². The molecule has 0 aliphatic heterocycles. The van der Waals surface area contributed by atoms with Crippen LogP contribution in [0, 0.1) is 17.1 Å². The summed E-state index contributed by atoms with van der Waals surface area (Å²) in [4.78, 5) is 11.1. The number of nitriles is 1. The summed E-state index contributed by atoms with van der Waals surface area (Å²) in [7, 11) is 0. The Morgan fingerprint density at radius 2 is 2.29 bits per heavy atom. The van der Waals surface area contributed by atoms with Crippen molar-refractivity contribution in [1.29, 1.82) is 5.26 Å². The van der Waals surface area contributed by atoms with Crippen molar-refractivity contribution in [3.8, 4) is 11.8 Å². The summed E-state index contributed by atoms with van der Waals surface area (Å²) in [5, 5.41) is 17.6. The number of halogens is 2. The van der Waals surface area contributed by atoms with Gasteiger partial charge in [-0.15, -0.1) is 0 Å². The lowest BCUT2D eigenvalue weighted by Gasteiger charge is -2.01. The fourth-order valence-electron chi connectivity index (χ4n) is 0.922. The Hall–Kier alpha value is -1.41. The second-order valence-corrected chi connectivity index (χ2v) is 3.08. The van der Waals surface area contributed by atoms with E-state index in [4.69, 9.17) is 10.4 Å². The van der Waals surface area contributed by atoms with Crippen LogP contribution in [0.25, 0.3) is 0 Å². The summed E-state index contributed by atoms with van der Waals surface area (Å²) >= 11 is 2.92. The summed E-state index contributed by atoms with van der Waals surface area (Å²) < 4.78 is 13.0. The highest BCUT2D eigenvalue weighted by Gasteiger charge is 2.13. The van der Waals surface area contributed by atoms with Gasteiger partial charge in [-0.25, -0.2) is 4.39 Å². The van der Waals surface area contributed by atoms with E-state index in [1.54, 1.807) is 6.07 Å². The number of hydrogen-bond acceptors (Lipinski definition) is 3. The van der Waals surface area contributed by atoms with Gasteiger partial charge < -0.3 is 5.11 Å². The van der Waals surface area contributed by atoms with Gasteiger partial charge in [0, 0.05) is 5.56 Å². The first-order valence-corrected chi connectivity index (χ1v) is 4.74. The molecular formula is C9H5BrFNO2. The molecular weight excluding hydrogens is 253 g/mol. The largest absolute Gasteiger partial charge is 0.504 e. The minimum Gasteiger partial charge on any atom is -0.504 e. The first kappa shape index (κ1) is 10.7. The predicted molar refractivity (Wildman–Crippen MR) is 50.9 cm³/mol. The van der Waals surface area contributed by atoms with Crippen molar-refractivity contribution in [2.45, 2.75) is 0 Å². The van der Waals surface area contributed by atoms with Crippen molar-refractivity contribution < 1.29 is 14.3 Å². The van der Waals surface area contributed by atoms with E-state index in [0.717, 1.165) is 12.1 Å². The Labute approximate surface area is 87.9 Å². The molecule has 0 aliphatic carbocycles. The number of benzene rings is 1. The van der Waals surface area contributed by atoms with Crippen molar-refractivity contribution in [3.05, 3.63) is 29.1 Å². The number of carbonyl (C=O) groups is 1. The molecule has 0 saturated heterocycles. The molecule has 1 N–H and O–H groups in total. The third-order valence-corrected chi connectivity index (χ3v) is 2.14. The number of carbonyl (C=O) groups excluding carboxylic acids is 1. The highest BCUT2D eigenvalue weighted by Crippen LogP contribution is 2.22. The van der Waals surface area contributed by atoms with Gasteiger partial charge in [-0.05, 0) is 12.1 Å². The molecule has 0 saturated carbocycles. The molecule has 3 nitrogen and oxygen atoms in total. The third kappa shape index (κ3) is 1.91. The van der Waals surface area contributed by atoms with E-state index in [2.05, 4.69) is 15.9 Å².